The van der Waals surface area contributed by atoms with Crippen molar-refractivity contribution in [2.45, 2.75) is 153 Å². The molecule has 0 bridgehead atoms. The van der Waals surface area contributed by atoms with Gasteiger partial charge < -0.3 is 18.3 Å². The molecule has 0 amide bonds. The van der Waals surface area contributed by atoms with Crippen LogP contribution in [0.2, 0.25) is 12.1 Å². The second-order valence-electron chi connectivity index (χ2n) is 11.5. The van der Waals surface area contributed by atoms with Gasteiger partial charge in [-0.05, 0) is 102 Å². The highest BCUT2D eigenvalue weighted by Gasteiger charge is 2.46. The topological polar surface area (TPSA) is 43.5 Å². The third-order valence-electron chi connectivity index (χ3n) is 8.26. The Balaban J connectivity index is 0.000000182. The summed E-state index contributed by atoms with van der Waals surface area (Å²) >= 11 is 0. The highest BCUT2D eigenvalue weighted by Crippen LogP contribution is 2.44. The van der Waals surface area contributed by atoms with Gasteiger partial charge in [0, 0.05) is 0 Å². The van der Waals surface area contributed by atoms with Crippen molar-refractivity contribution in [1.29, 1.82) is 0 Å². The Morgan fingerprint density at radius 3 is 1.66 bits per heavy atom. The summed E-state index contributed by atoms with van der Waals surface area (Å²) in [5.41, 5.74) is 0.323. The van der Waals surface area contributed by atoms with Gasteiger partial charge in [-0.15, -0.1) is 0 Å². The number of hydrogen-bond donors (Lipinski definition) is 0. The average Bonchev–Trinajstić information content (AvgIpc) is 3.70. The van der Waals surface area contributed by atoms with Crippen molar-refractivity contribution >= 4 is 19.5 Å². The second-order valence-corrected chi connectivity index (χ2v) is 14.9. The van der Waals surface area contributed by atoms with Crippen molar-refractivity contribution in [2.75, 3.05) is 0 Å². The van der Waals surface area contributed by atoms with E-state index in [0.717, 1.165) is 11.8 Å². The van der Waals surface area contributed by atoms with Crippen LogP contribution in [0.3, 0.4) is 0 Å². The molecule has 2 saturated carbocycles. The highest BCUT2D eigenvalue weighted by atomic mass is 28.2. The smallest absolute Gasteiger partial charge is 0.162 e. The van der Waals surface area contributed by atoms with Crippen LogP contribution in [-0.2, 0) is 18.3 Å². The Labute approximate surface area is 203 Å². The fourth-order valence-corrected chi connectivity index (χ4v) is 8.16. The maximum Gasteiger partial charge on any atom is 0.162 e. The molecule has 0 aromatic carbocycles. The second kappa shape index (κ2) is 12.3. The van der Waals surface area contributed by atoms with Gasteiger partial charge in [-0.25, -0.2) is 0 Å². The van der Waals surface area contributed by atoms with E-state index in [1.807, 2.05) is 0 Å². The molecule has 0 N–H and O–H groups in total. The van der Waals surface area contributed by atoms with E-state index in [-0.39, 0.29) is 30.7 Å². The van der Waals surface area contributed by atoms with Crippen molar-refractivity contribution in [3.8, 4) is 0 Å². The Morgan fingerprint density at radius 2 is 1.19 bits per heavy atom. The van der Waals surface area contributed by atoms with Crippen molar-refractivity contribution < 1.29 is 18.3 Å². The van der Waals surface area contributed by atoms with E-state index in [0.29, 0.717) is 24.4 Å². The summed E-state index contributed by atoms with van der Waals surface area (Å²) in [6, 6.07) is 2.52. The standard InChI is InChI=1S/C14H28O2Si.C12H24O2Si/c1-4-14(5-2,16-17-6-3)10-11-7-8-12-13(9-11)15-12;1-4-15-14-12(2,3)8-9-5-6-10-11(7-9)13-10/h11-13H,4-10,17H2,1-3H3;9-11H,4-8,15H2,1-3H3. The summed E-state index contributed by atoms with van der Waals surface area (Å²) in [7, 11) is -0.548. The molecule has 32 heavy (non-hydrogen) atoms. The SMILES string of the molecule is CC[SiH2]OC(C)(C)CC1CCC2OC2C1.CC[SiH2]OC(CC)(CC)CC1CCC2OC2C1. The molecule has 4 fully saturated rings. The molecule has 0 aromatic heterocycles. The zero-order valence-corrected chi connectivity index (χ0v) is 24.8. The van der Waals surface area contributed by atoms with Crippen LogP contribution in [0.1, 0.15) is 106 Å². The largest absolute Gasteiger partial charge is 0.419 e. The molecular weight excluding hydrogens is 432 g/mol. The van der Waals surface area contributed by atoms with Crippen molar-refractivity contribution in [3.63, 3.8) is 0 Å². The third-order valence-corrected chi connectivity index (χ3v) is 10.9. The molecule has 0 radical (unpaired) electrons. The van der Waals surface area contributed by atoms with Gasteiger partial charge in [0.05, 0.1) is 35.6 Å². The Hall–Kier alpha value is 0.274. The molecule has 188 valence electrons. The fourth-order valence-electron chi connectivity index (χ4n) is 6.12. The first-order valence-corrected chi connectivity index (χ1v) is 17.1. The molecule has 2 heterocycles. The molecule has 0 aromatic rings. The predicted molar refractivity (Wildman–Crippen MR) is 139 cm³/mol. The molecule has 4 rings (SSSR count). The van der Waals surface area contributed by atoms with Gasteiger partial charge in [-0.2, -0.15) is 0 Å². The summed E-state index contributed by atoms with van der Waals surface area (Å²) in [5, 5.41) is 0. The van der Waals surface area contributed by atoms with Crippen LogP contribution < -0.4 is 0 Å². The van der Waals surface area contributed by atoms with Crippen molar-refractivity contribution in [1.82, 2.24) is 0 Å². The van der Waals surface area contributed by atoms with Crippen LogP contribution in [0, 0.1) is 11.8 Å². The monoisotopic (exact) mass is 484 g/mol. The Bertz CT molecular complexity index is 554. The van der Waals surface area contributed by atoms with Crippen molar-refractivity contribution in [2.24, 2.45) is 11.8 Å². The number of epoxide rings is 2. The van der Waals surface area contributed by atoms with Crippen LogP contribution in [0.4, 0.5) is 0 Å². The molecule has 4 nitrogen and oxygen atoms in total. The van der Waals surface area contributed by atoms with E-state index < -0.39 is 0 Å². The zero-order valence-electron chi connectivity index (χ0n) is 22.0. The van der Waals surface area contributed by atoms with Crippen LogP contribution in [0.25, 0.3) is 0 Å². The first-order valence-electron chi connectivity index (χ1n) is 13.9. The lowest BCUT2D eigenvalue weighted by Gasteiger charge is -2.36. The number of hydrogen-bond acceptors (Lipinski definition) is 4. The summed E-state index contributed by atoms with van der Waals surface area (Å²) in [6.07, 6.45) is 15.2. The van der Waals surface area contributed by atoms with Crippen LogP contribution >= 0.6 is 0 Å². The molecule has 2 aliphatic carbocycles. The summed E-state index contributed by atoms with van der Waals surface area (Å²) in [4.78, 5) is 0. The molecule has 4 aliphatic rings. The van der Waals surface area contributed by atoms with Crippen LogP contribution in [0.5, 0.6) is 0 Å². The molecule has 2 saturated heterocycles. The minimum Gasteiger partial charge on any atom is -0.419 e. The molecule has 6 unspecified atom stereocenters. The van der Waals surface area contributed by atoms with Gasteiger partial charge in [0.25, 0.3) is 0 Å². The first-order chi connectivity index (χ1) is 15.3. The fraction of sp³-hybridized carbons (Fsp3) is 1.00. The van der Waals surface area contributed by atoms with E-state index >= 15 is 0 Å². The van der Waals surface area contributed by atoms with Gasteiger partial charge in [-0.3, -0.25) is 0 Å². The lowest BCUT2D eigenvalue weighted by molar-refractivity contribution is 0.0323. The molecular formula is C26H52O4Si2. The van der Waals surface area contributed by atoms with Gasteiger partial charge in [0.1, 0.15) is 0 Å². The molecule has 0 spiro atoms. The lowest BCUT2D eigenvalue weighted by atomic mass is 9.79. The zero-order chi connectivity index (χ0) is 23.2. The van der Waals surface area contributed by atoms with Gasteiger partial charge in [-0.1, -0.05) is 27.7 Å². The summed E-state index contributed by atoms with van der Waals surface area (Å²) in [5.74, 6) is 1.69. The van der Waals surface area contributed by atoms with Gasteiger partial charge in [0.15, 0.2) is 19.5 Å². The van der Waals surface area contributed by atoms with Crippen molar-refractivity contribution in [3.05, 3.63) is 0 Å². The third kappa shape index (κ3) is 8.19. The quantitative estimate of drug-likeness (QED) is 0.278. The molecule has 6 heteroatoms. The summed E-state index contributed by atoms with van der Waals surface area (Å²) in [6.45, 7) is 13.6. The predicted octanol–water partition coefficient (Wildman–Crippen LogP) is 5.30. The highest BCUT2D eigenvalue weighted by molar-refractivity contribution is 6.27. The number of rotatable bonds is 12. The Kier molecular flexibility index (Phi) is 10.3. The maximum absolute atomic E-state index is 6.33. The van der Waals surface area contributed by atoms with Crippen LogP contribution in [-0.4, -0.2) is 55.1 Å². The maximum atomic E-state index is 6.33. The van der Waals surface area contributed by atoms with Gasteiger partial charge in [0.2, 0.25) is 0 Å². The first kappa shape index (κ1) is 26.9. The number of fused-ring (bicyclic) bond motifs is 2. The lowest BCUT2D eigenvalue weighted by Crippen LogP contribution is -2.36. The minimum absolute atomic E-state index is 0.120. The molecule has 6 atom stereocenters. The van der Waals surface area contributed by atoms with E-state index in [4.69, 9.17) is 18.3 Å². The van der Waals surface area contributed by atoms with Crippen LogP contribution in [0.15, 0.2) is 0 Å². The normalized spacial score (nSPS) is 34.3. The van der Waals surface area contributed by atoms with E-state index in [9.17, 15) is 0 Å². The molecule has 2 aliphatic heterocycles. The Morgan fingerprint density at radius 1 is 0.688 bits per heavy atom. The van der Waals surface area contributed by atoms with E-state index in [1.54, 1.807) is 0 Å². The summed E-state index contributed by atoms with van der Waals surface area (Å²) < 4.78 is 23.6. The number of ether oxygens (including phenoxy) is 2. The average molecular weight is 485 g/mol. The van der Waals surface area contributed by atoms with Gasteiger partial charge >= 0.3 is 0 Å². The van der Waals surface area contributed by atoms with E-state index in [1.165, 1.54) is 76.3 Å². The van der Waals surface area contributed by atoms with E-state index in [2.05, 4.69) is 41.5 Å². The minimum atomic E-state index is -0.285.